The second-order valence-electron chi connectivity index (χ2n) is 4.31. The van der Waals surface area contributed by atoms with Crippen LogP contribution in [0.1, 0.15) is 39.5 Å². The maximum atomic E-state index is 9.90. The number of hydrogen-bond donors (Lipinski definition) is 2. The van der Waals surface area contributed by atoms with Crippen molar-refractivity contribution in [3.63, 3.8) is 0 Å². The van der Waals surface area contributed by atoms with Gasteiger partial charge in [0, 0.05) is 7.11 Å². The molecule has 0 unspecified atom stereocenters. The standard InChI is InChI=1S/C13H26O4/c1-4-5-13(17-10-16-3)9-12(15)8-11(2)6-7-14/h6,12-15H,4-5,7-10H2,1-3H3/b11-6-/t12-,13-/m0/s1. The minimum atomic E-state index is -0.425. The fraction of sp³-hybridized carbons (Fsp3) is 0.846. The van der Waals surface area contributed by atoms with E-state index in [2.05, 4.69) is 6.92 Å². The van der Waals surface area contributed by atoms with Crippen molar-refractivity contribution >= 4 is 0 Å². The number of aliphatic hydroxyl groups is 2. The highest BCUT2D eigenvalue weighted by atomic mass is 16.7. The van der Waals surface area contributed by atoms with Gasteiger partial charge in [0.2, 0.25) is 0 Å². The van der Waals surface area contributed by atoms with E-state index in [1.807, 2.05) is 6.92 Å². The smallest absolute Gasteiger partial charge is 0.146 e. The molecule has 2 atom stereocenters. The molecule has 0 aliphatic carbocycles. The van der Waals surface area contributed by atoms with Gasteiger partial charge in [-0.2, -0.15) is 0 Å². The third-order valence-electron chi connectivity index (χ3n) is 2.56. The molecule has 102 valence electrons. The first-order valence-electron chi connectivity index (χ1n) is 6.19. The van der Waals surface area contributed by atoms with Gasteiger partial charge < -0.3 is 19.7 Å². The highest BCUT2D eigenvalue weighted by Crippen LogP contribution is 2.15. The van der Waals surface area contributed by atoms with E-state index in [4.69, 9.17) is 14.6 Å². The molecular formula is C13H26O4. The lowest BCUT2D eigenvalue weighted by atomic mass is 10.0. The molecule has 0 aliphatic rings. The number of rotatable bonds is 10. The number of hydrogen-bond acceptors (Lipinski definition) is 4. The van der Waals surface area contributed by atoms with Gasteiger partial charge in [0.15, 0.2) is 0 Å². The van der Waals surface area contributed by atoms with E-state index >= 15 is 0 Å². The summed E-state index contributed by atoms with van der Waals surface area (Å²) >= 11 is 0. The average molecular weight is 246 g/mol. The van der Waals surface area contributed by atoms with Crippen LogP contribution in [0.15, 0.2) is 11.6 Å². The molecule has 2 N–H and O–H groups in total. The summed E-state index contributed by atoms with van der Waals surface area (Å²) in [6, 6.07) is 0. The lowest BCUT2D eigenvalue weighted by molar-refractivity contribution is -0.0866. The Labute approximate surface area is 104 Å². The zero-order chi connectivity index (χ0) is 13.1. The summed E-state index contributed by atoms with van der Waals surface area (Å²) in [5.74, 6) is 0. The van der Waals surface area contributed by atoms with Crippen LogP contribution in [0.2, 0.25) is 0 Å². The molecule has 0 fully saturated rings. The van der Waals surface area contributed by atoms with Crippen LogP contribution in [0, 0.1) is 0 Å². The first-order chi connectivity index (χ1) is 8.13. The SMILES string of the molecule is CCC[C@@H](C[C@@H](O)C/C(C)=C\CO)OCOC. The van der Waals surface area contributed by atoms with Crippen molar-refractivity contribution in [2.45, 2.75) is 51.7 Å². The largest absolute Gasteiger partial charge is 0.393 e. The van der Waals surface area contributed by atoms with Crippen molar-refractivity contribution < 1.29 is 19.7 Å². The Kier molecular flexibility index (Phi) is 10.5. The predicted octanol–water partition coefficient (Wildman–Crippen LogP) is 1.86. The van der Waals surface area contributed by atoms with Gasteiger partial charge in [-0.15, -0.1) is 0 Å². The van der Waals surface area contributed by atoms with Crippen LogP contribution in [-0.4, -0.2) is 42.9 Å². The Balaban J connectivity index is 4.01. The van der Waals surface area contributed by atoms with Crippen molar-refractivity contribution in [1.29, 1.82) is 0 Å². The minimum absolute atomic E-state index is 0.0249. The number of ether oxygens (including phenoxy) is 2. The van der Waals surface area contributed by atoms with Crippen LogP contribution in [-0.2, 0) is 9.47 Å². The third kappa shape index (κ3) is 9.30. The Morgan fingerprint density at radius 3 is 2.65 bits per heavy atom. The molecule has 0 aromatic heterocycles. The van der Waals surface area contributed by atoms with Gasteiger partial charge in [0.1, 0.15) is 6.79 Å². The highest BCUT2D eigenvalue weighted by Gasteiger charge is 2.14. The van der Waals surface area contributed by atoms with E-state index < -0.39 is 6.10 Å². The fourth-order valence-corrected chi connectivity index (χ4v) is 1.75. The second-order valence-corrected chi connectivity index (χ2v) is 4.31. The van der Waals surface area contributed by atoms with E-state index in [1.165, 1.54) is 0 Å². The number of aliphatic hydroxyl groups excluding tert-OH is 2. The maximum Gasteiger partial charge on any atom is 0.146 e. The summed E-state index contributed by atoms with van der Waals surface area (Å²) in [4.78, 5) is 0. The molecule has 0 aromatic carbocycles. The first-order valence-corrected chi connectivity index (χ1v) is 6.19. The molecule has 0 aromatic rings. The molecule has 4 heteroatoms. The summed E-state index contributed by atoms with van der Waals surface area (Å²) in [5, 5.41) is 18.6. The van der Waals surface area contributed by atoms with E-state index in [9.17, 15) is 5.11 Å². The normalized spacial score (nSPS) is 15.9. The summed E-state index contributed by atoms with van der Waals surface area (Å²) in [6.07, 6.45) is 4.46. The maximum absolute atomic E-state index is 9.90. The fourth-order valence-electron chi connectivity index (χ4n) is 1.75. The van der Waals surface area contributed by atoms with Gasteiger partial charge in [0.05, 0.1) is 18.8 Å². The molecular weight excluding hydrogens is 220 g/mol. The molecule has 4 nitrogen and oxygen atoms in total. The van der Waals surface area contributed by atoms with Crippen molar-refractivity contribution in [2.75, 3.05) is 20.5 Å². The van der Waals surface area contributed by atoms with Gasteiger partial charge in [-0.1, -0.05) is 25.0 Å². The predicted molar refractivity (Wildman–Crippen MR) is 67.7 cm³/mol. The second kappa shape index (κ2) is 10.7. The van der Waals surface area contributed by atoms with Gasteiger partial charge in [-0.3, -0.25) is 0 Å². The van der Waals surface area contributed by atoms with Gasteiger partial charge in [-0.25, -0.2) is 0 Å². The summed E-state index contributed by atoms with van der Waals surface area (Å²) in [6.45, 7) is 4.29. The lowest BCUT2D eigenvalue weighted by Crippen LogP contribution is -2.22. The van der Waals surface area contributed by atoms with E-state index in [-0.39, 0.29) is 19.5 Å². The molecule has 0 saturated heterocycles. The van der Waals surface area contributed by atoms with Gasteiger partial charge >= 0.3 is 0 Å². The van der Waals surface area contributed by atoms with Crippen LogP contribution in [0.4, 0.5) is 0 Å². The van der Waals surface area contributed by atoms with Crippen LogP contribution >= 0.6 is 0 Å². The van der Waals surface area contributed by atoms with Gasteiger partial charge in [0.25, 0.3) is 0 Å². The Morgan fingerprint density at radius 2 is 2.12 bits per heavy atom. The molecule has 0 saturated carbocycles. The molecule has 0 rings (SSSR count). The molecule has 0 bridgehead atoms. The molecule has 17 heavy (non-hydrogen) atoms. The zero-order valence-electron chi connectivity index (χ0n) is 11.2. The van der Waals surface area contributed by atoms with Crippen molar-refractivity contribution in [3.8, 4) is 0 Å². The van der Waals surface area contributed by atoms with Crippen LogP contribution in [0.25, 0.3) is 0 Å². The summed E-state index contributed by atoms with van der Waals surface area (Å²) in [5.41, 5.74) is 1.00. The van der Waals surface area contributed by atoms with Gasteiger partial charge in [-0.05, 0) is 26.2 Å². The Bertz CT molecular complexity index is 204. The van der Waals surface area contributed by atoms with E-state index in [0.29, 0.717) is 12.8 Å². The van der Waals surface area contributed by atoms with Crippen molar-refractivity contribution in [2.24, 2.45) is 0 Å². The minimum Gasteiger partial charge on any atom is -0.393 e. The van der Waals surface area contributed by atoms with Crippen LogP contribution in [0.3, 0.4) is 0 Å². The quantitative estimate of drug-likeness (QED) is 0.456. The summed E-state index contributed by atoms with van der Waals surface area (Å²) in [7, 11) is 1.59. The number of methoxy groups -OCH3 is 1. The van der Waals surface area contributed by atoms with E-state index in [1.54, 1.807) is 13.2 Å². The highest BCUT2D eigenvalue weighted by molar-refractivity contribution is 4.99. The topological polar surface area (TPSA) is 58.9 Å². The lowest BCUT2D eigenvalue weighted by Gasteiger charge is -2.20. The molecule has 0 radical (unpaired) electrons. The average Bonchev–Trinajstić information content (AvgIpc) is 2.26. The van der Waals surface area contributed by atoms with Crippen LogP contribution in [0.5, 0.6) is 0 Å². The Morgan fingerprint density at radius 1 is 1.41 bits per heavy atom. The monoisotopic (exact) mass is 246 g/mol. The van der Waals surface area contributed by atoms with Crippen LogP contribution < -0.4 is 0 Å². The molecule has 0 amide bonds. The van der Waals surface area contributed by atoms with E-state index in [0.717, 1.165) is 18.4 Å². The summed E-state index contributed by atoms with van der Waals surface area (Å²) < 4.78 is 10.4. The molecule has 0 heterocycles. The van der Waals surface area contributed by atoms with Crippen molar-refractivity contribution in [3.05, 3.63) is 11.6 Å². The molecule has 0 aliphatic heterocycles. The molecule has 0 spiro atoms. The third-order valence-corrected chi connectivity index (χ3v) is 2.56. The Hall–Kier alpha value is -0.420. The zero-order valence-corrected chi connectivity index (χ0v) is 11.2. The first kappa shape index (κ1) is 16.6. The van der Waals surface area contributed by atoms with Crippen molar-refractivity contribution in [1.82, 2.24) is 0 Å².